The van der Waals surface area contributed by atoms with Gasteiger partial charge in [-0.1, -0.05) is 41.9 Å². The van der Waals surface area contributed by atoms with Crippen molar-refractivity contribution in [2.24, 2.45) is 0 Å². The van der Waals surface area contributed by atoms with Crippen molar-refractivity contribution < 1.29 is 4.39 Å². The summed E-state index contributed by atoms with van der Waals surface area (Å²) in [5, 5.41) is 1.76. The van der Waals surface area contributed by atoms with E-state index in [4.69, 9.17) is 11.6 Å². The summed E-state index contributed by atoms with van der Waals surface area (Å²) >= 11 is 6.71. The predicted octanol–water partition coefficient (Wildman–Crippen LogP) is 5.98. The smallest absolute Gasteiger partial charge is 0.143 e. The van der Waals surface area contributed by atoms with E-state index in [1.165, 1.54) is 29.0 Å². The molecule has 6 nitrogen and oxygen atoms in total. The third kappa shape index (κ3) is 5.86. The number of hydrogen-bond donors (Lipinski definition) is 0. The number of nitrogens with zero attached hydrogens (tertiary/aromatic N) is 6. The zero-order valence-corrected chi connectivity index (χ0v) is 22.7. The summed E-state index contributed by atoms with van der Waals surface area (Å²) in [5.41, 5.74) is 7.61. The fourth-order valence-electron chi connectivity index (χ4n) is 5.34. The van der Waals surface area contributed by atoms with Crippen molar-refractivity contribution in [1.82, 2.24) is 29.3 Å². The minimum atomic E-state index is -0.336. The average Bonchev–Trinajstić information content (AvgIpc) is 3.32. The molecule has 3 aromatic heterocycles. The van der Waals surface area contributed by atoms with Gasteiger partial charge in [0.15, 0.2) is 0 Å². The molecule has 1 aliphatic rings. The summed E-state index contributed by atoms with van der Waals surface area (Å²) in [6.45, 7) is 4.43. The van der Waals surface area contributed by atoms with Gasteiger partial charge in [-0.05, 0) is 66.1 Å². The second kappa shape index (κ2) is 11.2. The molecule has 8 heteroatoms. The van der Waals surface area contributed by atoms with E-state index >= 15 is 0 Å². The summed E-state index contributed by atoms with van der Waals surface area (Å²) in [5.74, 6) is -0.336. The third-order valence-corrected chi connectivity index (χ3v) is 7.70. The number of fused-ring (bicyclic) bond motifs is 8. The van der Waals surface area contributed by atoms with Crippen molar-refractivity contribution in [2.75, 3.05) is 20.1 Å². The quantitative estimate of drug-likeness (QED) is 0.276. The fraction of sp³-hybridized carbons (Fsp3) is 0.258. The SMILES string of the molecule is CN1CCc2cccc(c2)-c2cc3cncnc3n2CCN(Cc2ccc(F)cn2)Cc2cc(ccc2Cl)C1. The van der Waals surface area contributed by atoms with E-state index < -0.39 is 0 Å². The maximum absolute atomic E-state index is 13.6. The first-order valence-electron chi connectivity index (χ1n) is 13.2. The normalized spacial score (nSPS) is 15.4. The molecule has 0 unspecified atom stereocenters. The molecule has 2 aromatic carbocycles. The van der Waals surface area contributed by atoms with Gasteiger partial charge in [-0.15, -0.1) is 0 Å². The van der Waals surface area contributed by atoms with Crippen LogP contribution in [-0.2, 0) is 32.6 Å². The summed E-state index contributed by atoms with van der Waals surface area (Å²) in [6.07, 6.45) is 5.71. The molecule has 0 atom stereocenters. The zero-order valence-electron chi connectivity index (χ0n) is 21.9. The van der Waals surface area contributed by atoms with Crippen molar-refractivity contribution in [3.05, 3.63) is 113 Å². The van der Waals surface area contributed by atoms with Crippen molar-refractivity contribution >= 4 is 22.6 Å². The number of halogens is 2. The van der Waals surface area contributed by atoms with E-state index in [-0.39, 0.29) is 5.82 Å². The maximum atomic E-state index is 13.6. The predicted molar refractivity (Wildman–Crippen MR) is 153 cm³/mol. The molecule has 0 saturated carbocycles. The number of pyridine rings is 1. The van der Waals surface area contributed by atoms with Crippen LogP contribution >= 0.6 is 11.6 Å². The van der Waals surface area contributed by atoms with Crippen LogP contribution in [-0.4, -0.2) is 49.5 Å². The van der Waals surface area contributed by atoms with Crippen molar-refractivity contribution in [3.63, 3.8) is 0 Å². The molecule has 0 aliphatic carbocycles. The van der Waals surface area contributed by atoms with Crippen LogP contribution in [0.4, 0.5) is 4.39 Å². The molecule has 6 rings (SSSR count). The summed E-state index contributed by atoms with van der Waals surface area (Å²) in [4.78, 5) is 17.9. The Morgan fingerprint density at radius 3 is 2.69 bits per heavy atom. The van der Waals surface area contributed by atoms with E-state index in [2.05, 4.69) is 78.8 Å². The number of aromatic nitrogens is 4. The van der Waals surface area contributed by atoms with Gasteiger partial charge < -0.3 is 9.47 Å². The minimum absolute atomic E-state index is 0.336. The lowest BCUT2D eigenvalue weighted by atomic mass is 10.0. The van der Waals surface area contributed by atoms with Crippen LogP contribution in [0.1, 0.15) is 22.4 Å². The van der Waals surface area contributed by atoms with E-state index in [1.54, 1.807) is 12.4 Å². The molecule has 4 bridgehead atoms. The lowest BCUT2D eigenvalue weighted by Gasteiger charge is -2.25. The van der Waals surface area contributed by atoms with Crippen LogP contribution in [0.5, 0.6) is 0 Å². The van der Waals surface area contributed by atoms with E-state index in [0.717, 1.165) is 59.1 Å². The van der Waals surface area contributed by atoms with Crippen LogP contribution in [0.15, 0.2) is 79.4 Å². The Morgan fingerprint density at radius 2 is 1.82 bits per heavy atom. The van der Waals surface area contributed by atoms with Crippen molar-refractivity contribution in [3.8, 4) is 11.3 Å². The summed E-state index contributed by atoms with van der Waals surface area (Å²) < 4.78 is 15.9. The van der Waals surface area contributed by atoms with E-state index in [0.29, 0.717) is 19.6 Å². The zero-order chi connectivity index (χ0) is 26.8. The standard InChI is InChI=1S/C31H30ClFN6/c1-37-10-9-22-3-2-4-24(13-22)30-15-25-16-34-21-36-31(25)39(30)12-11-38(20-28-7-6-27(33)17-35-28)19-26-14-23(18-37)5-8-29(26)32/h2-8,13-17,21H,9-12,18-20H2,1H3. The van der Waals surface area contributed by atoms with Crippen LogP contribution < -0.4 is 0 Å². The highest BCUT2D eigenvalue weighted by Crippen LogP contribution is 2.29. The highest BCUT2D eigenvalue weighted by Gasteiger charge is 2.17. The molecule has 0 amide bonds. The van der Waals surface area contributed by atoms with Gasteiger partial charge in [0.25, 0.3) is 0 Å². The van der Waals surface area contributed by atoms with E-state index in [9.17, 15) is 4.39 Å². The topological polar surface area (TPSA) is 50.1 Å². The lowest BCUT2D eigenvalue weighted by molar-refractivity contribution is 0.244. The number of benzene rings is 2. The van der Waals surface area contributed by atoms with Gasteiger partial charge in [-0.25, -0.2) is 14.4 Å². The Kier molecular flexibility index (Phi) is 7.37. The Bertz CT molecular complexity index is 1600. The first-order valence-corrected chi connectivity index (χ1v) is 13.6. The Labute approximate surface area is 232 Å². The monoisotopic (exact) mass is 540 g/mol. The largest absolute Gasteiger partial charge is 0.324 e. The average molecular weight is 541 g/mol. The second-order valence-corrected chi connectivity index (χ2v) is 10.7. The summed E-state index contributed by atoms with van der Waals surface area (Å²) in [6, 6.07) is 20.5. The minimum Gasteiger partial charge on any atom is -0.324 e. The van der Waals surface area contributed by atoms with Crippen LogP contribution in [0.2, 0.25) is 5.02 Å². The van der Waals surface area contributed by atoms with Gasteiger partial charge in [-0.2, -0.15) is 0 Å². The Hall–Kier alpha value is -3.65. The van der Waals surface area contributed by atoms with Gasteiger partial charge in [-0.3, -0.25) is 9.88 Å². The van der Waals surface area contributed by atoms with Crippen LogP contribution in [0, 0.1) is 5.82 Å². The molecular weight excluding hydrogens is 511 g/mol. The molecule has 0 N–H and O–H groups in total. The fourth-order valence-corrected chi connectivity index (χ4v) is 5.51. The van der Waals surface area contributed by atoms with Crippen molar-refractivity contribution in [1.29, 1.82) is 0 Å². The molecule has 5 aromatic rings. The van der Waals surface area contributed by atoms with Crippen LogP contribution in [0.3, 0.4) is 0 Å². The number of hydrogen-bond acceptors (Lipinski definition) is 5. The van der Waals surface area contributed by atoms with Gasteiger partial charge in [0.1, 0.15) is 17.8 Å². The van der Waals surface area contributed by atoms with Gasteiger partial charge >= 0.3 is 0 Å². The molecule has 0 fully saturated rings. The molecule has 4 heterocycles. The first-order chi connectivity index (χ1) is 19.0. The molecule has 0 saturated heterocycles. The molecule has 0 radical (unpaired) electrons. The Morgan fingerprint density at radius 1 is 0.897 bits per heavy atom. The van der Waals surface area contributed by atoms with E-state index in [1.807, 2.05) is 12.3 Å². The second-order valence-electron chi connectivity index (χ2n) is 10.3. The molecule has 198 valence electrons. The molecule has 0 spiro atoms. The molecule has 1 aliphatic heterocycles. The Balaban J connectivity index is 1.43. The van der Waals surface area contributed by atoms with Gasteiger partial charge in [0.05, 0.1) is 17.6 Å². The number of likely N-dealkylation sites (N-methyl/N-ethyl adjacent to an activating group) is 1. The lowest BCUT2D eigenvalue weighted by Crippen LogP contribution is -2.28. The molecular formula is C31H30ClFN6. The summed E-state index contributed by atoms with van der Waals surface area (Å²) in [7, 11) is 2.16. The third-order valence-electron chi connectivity index (χ3n) is 7.33. The molecule has 39 heavy (non-hydrogen) atoms. The first kappa shape index (κ1) is 25.6. The van der Waals surface area contributed by atoms with Gasteiger partial charge in [0.2, 0.25) is 0 Å². The van der Waals surface area contributed by atoms with Gasteiger partial charge in [0, 0.05) is 55.9 Å². The highest BCUT2D eigenvalue weighted by atomic mass is 35.5. The number of rotatable bonds is 2. The van der Waals surface area contributed by atoms with Crippen LogP contribution in [0.25, 0.3) is 22.3 Å². The maximum Gasteiger partial charge on any atom is 0.143 e. The highest BCUT2D eigenvalue weighted by molar-refractivity contribution is 6.31. The van der Waals surface area contributed by atoms with Crippen molar-refractivity contribution in [2.45, 2.75) is 32.6 Å².